The van der Waals surface area contributed by atoms with Gasteiger partial charge in [-0.05, 0) is 24.6 Å². The van der Waals surface area contributed by atoms with E-state index >= 15 is 0 Å². The molecule has 13 heteroatoms. The first kappa shape index (κ1) is 31.4. The van der Waals surface area contributed by atoms with Gasteiger partial charge in [-0.3, -0.25) is 23.9 Å². The summed E-state index contributed by atoms with van der Waals surface area (Å²) in [7, 11) is 0. The molecule has 1 saturated heterocycles. The van der Waals surface area contributed by atoms with Crippen molar-refractivity contribution in [2.45, 2.75) is 26.4 Å². The Bertz CT molecular complexity index is 1640. The smallest absolute Gasteiger partial charge is 0.270 e. The highest BCUT2D eigenvalue weighted by molar-refractivity contribution is 7.07. The van der Waals surface area contributed by atoms with Gasteiger partial charge in [0.2, 0.25) is 0 Å². The molecule has 1 fully saturated rings. The first-order chi connectivity index (χ1) is 20.8. The number of hydrogen-bond acceptors (Lipinski definition) is 8. The topological polar surface area (TPSA) is 120 Å². The summed E-state index contributed by atoms with van der Waals surface area (Å²) in [6.07, 6.45) is -1.33. The van der Waals surface area contributed by atoms with E-state index in [2.05, 4.69) is 22.3 Å². The molecule has 0 aliphatic carbocycles. The highest BCUT2D eigenvalue weighted by atomic mass is 32.1. The monoisotopic (exact) mass is 610 g/mol. The molecule has 0 atom stereocenters. The largest absolute Gasteiger partial charge is 0.484 e. The van der Waals surface area contributed by atoms with Gasteiger partial charge < -0.3 is 20.3 Å². The molecule has 10 nitrogen and oxygen atoms in total. The van der Waals surface area contributed by atoms with Crippen molar-refractivity contribution in [3.05, 3.63) is 79.7 Å². The molecule has 1 aliphatic rings. The van der Waals surface area contributed by atoms with Gasteiger partial charge in [0.15, 0.2) is 12.2 Å². The predicted molar refractivity (Wildman–Crippen MR) is 160 cm³/mol. The molecule has 4 rings (SSSR count). The molecule has 1 aromatic heterocycles. The maximum absolute atomic E-state index is 12.9. The van der Waals surface area contributed by atoms with Gasteiger partial charge in [0.1, 0.15) is 21.0 Å². The normalized spacial score (nSPS) is 14.8. The Morgan fingerprint density at radius 3 is 2.53 bits per heavy atom. The van der Waals surface area contributed by atoms with E-state index in [0.717, 1.165) is 31.0 Å². The SMILES string of the molecule is CCn1c(=C(C#N)C(=O)NCC(F)F)sc(=CNc2cccc(OCC(=O)N3CCN(Cc4ccccc4)CC3)c2)c1=O. The minimum absolute atomic E-state index is 0.0753. The Kier molecular flexibility index (Phi) is 11.0. The average Bonchev–Trinajstić information content (AvgIpc) is 3.33. The number of carbonyl (C=O) groups excluding carboxylic acids is 2. The Labute approximate surface area is 251 Å². The number of nitriles is 1. The molecule has 2 aromatic carbocycles. The minimum Gasteiger partial charge on any atom is -0.484 e. The molecule has 0 saturated carbocycles. The maximum Gasteiger partial charge on any atom is 0.270 e. The lowest BCUT2D eigenvalue weighted by molar-refractivity contribution is -0.135. The van der Waals surface area contributed by atoms with Crippen LogP contribution < -0.4 is 30.1 Å². The summed E-state index contributed by atoms with van der Waals surface area (Å²) in [6, 6.07) is 18.8. The zero-order valence-corrected chi connectivity index (χ0v) is 24.4. The van der Waals surface area contributed by atoms with Gasteiger partial charge in [-0.2, -0.15) is 5.26 Å². The summed E-state index contributed by atoms with van der Waals surface area (Å²) in [5, 5.41) is 14.5. The van der Waals surface area contributed by atoms with Gasteiger partial charge in [0.05, 0.1) is 6.54 Å². The van der Waals surface area contributed by atoms with Crippen molar-refractivity contribution >= 4 is 40.6 Å². The lowest BCUT2D eigenvalue weighted by Gasteiger charge is -2.34. The van der Waals surface area contributed by atoms with Crippen LogP contribution in [0.3, 0.4) is 0 Å². The zero-order valence-electron chi connectivity index (χ0n) is 23.6. The van der Waals surface area contributed by atoms with Crippen molar-refractivity contribution in [2.24, 2.45) is 0 Å². The molecule has 226 valence electrons. The van der Waals surface area contributed by atoms with Crippen molar-refractivity contribution in [3.63, 3.8) is 0 Å². The van der Waals surface area contributed by atoms with Crippen molar-refractivity contribution in [1.82, 2.24) is 19.7 Å². The average molecular weight is 611 g/mol. The van der Waals surface area contributed by atoms with Crippen LogP contribution in [0, 0.1) is 11.3 Å². The second-order valence-electron chi connectivity index (χ2n) is 9.66. The summed E-state index contributed by atoms with van der Waals surface area (Å²) in [5.41, 5.74) is 0.969. The molecule has 0 radical (unpaired) electrons. The number of ether oxygens (including phenoxy) is 1. The van der Waals surface area contributed by atoms with Crippen LogP contribution in [0.1, 0.15) is 12.5 Å². The molecular weight excluding hydrogens is 578 g/mol. The van der Waals surface area contributed by atoms with E-state index in [1.165, 1.54) is 16.3 Å². The Morgan fingerprint density at radius 2 is 1.86 bits per heavy atom. The number of carbonyl (C=O) groups is 2. The van der Waals surface area contributed by atoms with Gasteiger partial charge in [0, 0.05) is 57.2 Å². The number of aromatic nitrogens is 1. The lowest BCUT2D eigenvalue weighted by atomic mass is 10.2. The quantitative estimate of drug-likeness (QED) is 0.338. The molecule has 43 heavy (non-hydrogen) atoms. The van der Waals surface area contributed by atoms with E-state index in [4.69, 9.17) is 4.74 Å². The second-order valence-corrected chi connectivity index (χ2v) is 10.7. The van der Waals surface area contributed by atoms with Crippen molar-refractivity contribution in [3.8, 4) is 11.8 Å². The number of anilines is 1. The first-order valence-corrected chi connectivity index (χ1v) is 14.5. The van der Waals surface area contributed by atoms with Crippen LogP contribution >= 0.6 is 11.3 Å². The summed E-state index contributed by atoms with van der Waals surface area (Å²) in [5.74, 6) is -0.611. The number of halogens is 2. The Balaban J connectivity index is 1.37. The van der Waals surface area contributed by atoms with Crippen LogP contribution in [0.2, 0.25) is 0 Å². The first-order valence-electron chi connectivity index (χ1n) is 13.7. The Morgan fingerprint density at radius 1 is 1.12 bits per heavy atom. The van der Waals surface area contributed by atoms with Gasteiger partial charge in [-0.15, -0.1) is 11.3 Å². The number of rotatable bonds is 11. The Hall–Kier alpha value is -4.54. The van der Waals surface area contributed by atoms with Crippen LogP contribution in [0.15, 0.2) is 59.4 Å². The van der Waals surface area contributed by atoms with E-state index in [1.54, 1.807) is 42.2 Å². The van der Waals surface area contributed by atoms with Gasteiger partial charge in [-0.1, -0.05) is 36.4 Å². The van der Waals surface area contributed by atoms with Crippen molar-refractivity contribution in [1.29, 1.82) is 5.26 Å². The molecule has 0 bridgehead atoms. The van der Waals surface area contributed by atoms with E-state index in [1.807, 2.05) is 23.5 Å². The molecular formula is C30H32F2N6O4S. The summed E-state index contributed by atoms with van der Waals surface area (Å²) >= 11 is 0.899. The predicted octanol–water partition coefficient (Wildman–Crippen LogP) is 1.56. The summed E-state index contributed by atoms with van der Waals surface area (Å²) in [6.45, 7) is 4.51. The van der Waals surface area contributed by atoms with Crippen molar-refractivity contribution in [2.75, 3.05) is 44.6 Å². The minimum atomic E-state index is -2.77. The van der Waals surface area contributed by atoms with E-state index in [-0.39, 0.29) is 28.3 Å². The van der Waals surface area contributed by atoms with Crippen LogP contribution in [0.5, 0.6) is 5.75 Å². The highest BCUT2D eigenvalue weighted by Gasteiger charge is 2.21. The number of piperazine rings is 1. The second kappa shape index (κ2) is 15.1. The third kappa shape index (κ3) is 8.50. The maximum atomic E-state index is 12.9. The van der Waals surface area contributed by atoms with Crippen LogP contribution in [-0.4, -0.2) is 71.9 Å². The summed E-state index contributed by atoms with van der Waals surface area (Å²) < 4.78 is 32.3. The van der Waals surface area contributed by atoms with Gasteiger partial charge >= 0.3 is 0 Å². The molecule has 0 unspecified atom stereocenters. The fourth-order valence-electron chi connectivity index (χ4n) is 4.50. The number of alkyl halides is 2. The molecule has 0 spiro atoms. The number of thiazole rings is 1. The molecule has 1 aliphatic heterocycles. The number of nitrogens with one attached hydrogen (secondary N) is 2. The standard InChI is InChI=1S/C30H32F2N6O4S/c1-2-38-29(41)25(43-30(38)24(16-33)28(40)35-18-26(31)32)17-34-22-9-6-10-23(15-22)42-20-27(39)37-13-11-36(12-14-37)19-21-7-4-3-5-8-21/h3-10,15,17,26,34H,2,11-14,18-20H2,1H3,(H,35,40). The van der Waals surface area contributed by atoms with E-state index in [9.17, 15) is 28.4 Å². The number of benzene rings is 2. The van der Waals surface area contributed by atoms with Crippen molar-refractivity contribution < 1.29 is 23.1 Å². The highest BCUT2D eigenvalue weighted by Crippen LogP contribution is 2.18. The van der Waals surface area contributed by atoms with Gasteiger partial charge in [-0.25, -0.2) is 8.78 Å². The zero-order chi connectivity index (χ0) is 30.8. The van der Waals surface area contributed by atoms with Crippen LogP contribution in [-0.2, 0) is 22.7 Å². The molecule has 2 N–H and O–H groups in total. The lowest BCUT2D eigenvalue weighted by Crippen LogP contribution is -2.49. The van der Waals surface area contributed by atoms with E-state index in [0.29, 0.717) is 24.5 Å². The van der Waals surface area contributed by atoms with E-state index < -0.39 is 30.0 Å². The third-order valence-corrected chi connectivity index (χ3v) is 7.86. The molecule has 3 aromatic rings. The number of nitrogens with zero attached hydrogens (tertiary/aromatic N) is 4. The molecule has 2 amide bonds. The number of hydrogen-bond donors (Lipinski definition) is 2. The third-order valence-electron chi connectivity index (χ3n) is 6.73. The van der Waals surface area contributed by atoms with Gasteiger partial charge in [0.25, 0.3) is 23.8 Å². The fourth-order valence-corrected chi connectivity index (χ4v) is 5.59. The van der Waals surface area contributed by atoms with Crippen LogP contribution in [0.4, 0.5) is 14.5 Å². The fraction of sp³-hybridized carbons (Fsp3) is 0.333. The number of amides is 2. The summed E-state index contributed by atoms with van der Waals surface area (Å²) in [4.78, 5) is 42.1. The molecule has 2 heterocycles. The van der Waals surface area contributed by atoms with Crippen LogP contribution in [0.25, 0.3) is 11.8 Å².